The predicted octanol–water partition coefficient (Wildman–Crippen LogP) is 2.46. The largest absolute Gasteiger partial charge is 0.508 e. The van der Waals surface area contributed by atoms with E-state index in [4.69, 9.17) is 0 Å². The number of alkyl halides is 1. The molecule has 0 bridgehead atoms. The van der Waals surface area contributed by atoms with Crippen molar-refractivity contribution in [2.24, 2.45) is 5.92 Å². The van der Waals surface area contributed by atoms with Gasteiger partial charge in [-0.15, -0.1) is 0 Å². The van der Waals surface area contributed by atoms with Crippen molar-refractivity contribution in [3.8, 4) is 5.75 Å². The van der Waals surface area contributed by atoms with Gasteiger partial charge in [0.1, 0.15) is 5.75 Å². The molecule has 0 heterocycles. The Balaban J connectivity index is 2.66. The minimum Gasteiger partial charge on any atom is -0.508 e. The predicted molar refractivity (Wildman–Crippen MR) is 68.1 cm³/mol. The molecule has 2 N–H and O–H groups in total. The summed E-state index contributed by atoms with van der Waals surface area (Å²) in [6.45, 7) is 4.51. The molecular formula is C12H16BrNO2. The minimum atomic E-state index is -0.0923. The van der Waals surface area contributed by atoms with Gasteiger partial charge in [0.25, 0.3) is 5.91 Å². The third kappa shape index (κ3) is 3.52. The summed E-state index contributed by atoms with van der Waals surface area (Å²) >= 11 is 3.36. The lowest BCUT2D eigenvalue weighted by Crippen LogP contribution is -2.29. The second kappa shape index (κ2) is 5.89. The minimum absolute atomic E-state index is 0.0923. The summed E-state index contributed by atoms with van der Waals surface area (Å²) < 4.78 is 0. The van der Waals surface area contributed by atoms with E-state index in [0.717, 1.165) is 10.9 Å². The van der Waals surface area contributed by atoms with Crippen molar-refractivity contribution >= 4 is 21.8 Å². The molecule has 0 saturated carbocycles. The number of phenols is 1. The van der Waals surface area contributed by atoms with E-state index in [1.165, 1.54) is 6.07 Å². The average molecular weight is 286 g/mol. The number of amides is 1. The molecule has 1 unspecified atom stereocenters. The number of halogens is 1. The van der Waals surface area contributed by atoms with E-state index in [1.807, 2.05) is 6.92 Å². The number of carbonyl (C=O) groups excluding carboxylic acids is 1. The highest BCUT2D eigenvalue weighted by molar-refractivity contribution is 9.09. The van der Waals surface area contributed by atoms with Crippen LogP contribution in [0, 0.1) is 12.8 Å². The lowest BCUT2D eigenvalue weighted by Gasteiger charge is -2.11. The number of hydrogen-bond donors (Lipinski definition) is 2. The van der Waals surface area contributed by atoms with Crippen LogP contribution in [0.5, 0.6) is 5.75 Å². The van der Waals surface area contributed by atoms with Crippen molar-refractivity contribution in [1.29, 1.82) is 0 Å². The van der Waals surface area contributed by atoms with Crippen molar-refractivity contribution in [1.82, 2.24) is 5.32 Å². The van der Waals surface area contributed by atoms with Gasteiger partial charge in [0.05, 0.1) is 0 Å². The molecule has 0 aliphatic heterocycles. The van der Waals surface area contributed by atoms with Crippen molar-refractivity contribution in [3.63, 3.8) is 0 Å². The zero-order valence-corrected chi connectivity index (χ0v) is 11.0. The summed E-state index contributed by atoms with van der Waals surface area (Å²) in [4.78, 5) is 11.8. The molecule has 16 heavy (non-hydrogen) atoms. The molecule has 1 amide bonds. The van der Waals surface area contributed by atoms with E-state index in [0.29, 0.717) is 18.0 Å². The van der Waals surface area contributed by atoms with Gasteiger partial charge in [-0.05, 0) is 36.6 Å². The Hall–Kier alpha value is -1.03. The highest BCUT2D eigenvalue weighted by atomic mass is 79.9. The third-order valence-electron chi connectivity index (χ3n) is 2.33. The van der Waals surface area contributed by atoms with Gasteiger partial charge in [0.2, 0.25) is 0 Å². The standard InChI is InChI=1S/C12H16BrNO2/c1-8(6-13)7-14-12(16)11-4-3-10(15)5-9(11)2/h3-5,8,15H,6-7H2,1-2H3,(H,14,16). The van der Waals surface area contributed by atoms with E-state index in [2.05, 4.69) is 28.2 Å². The van der Waals surface area contributed by atoms with Crippen LogP contribution in [-0.4, -0.2) is 22.9 Å². The fourth-order valence-corrected chi connectivity index (χ4v) is 1.55. The van der Waals surface area contributed by atoms with Crippen LogP contribution in [0.1, 0.15) is 22.8 Å². The van der Waals surface area contributed by atoms with Crippen LogP contribution < -0.4 is 5.32 Å². The van der Waals surface area contributed by atoms with Gasteiger partial charge in [0, 0.05) is 17.4 Å². The number of nitrogens with one attached hydrogen (secondary N) is 1. The smallest absolute Gasteiger partial charge is 0.251 e. The number of aryl methyl sites for hydroxylation is 1. The summed E-state index contributed by atoms with van der Waals surface area (Å²) in [5.41, 5.74) is 1.39. The molecule has 1 aromatic carbocycles. The van der Waals surface area contributed by atoms with E-state index in [9.17, 15) is 9.90 Å². The molecule has 1 aromatic rings. The topological polar surface area (TPSA) is 49.3 Å². The SMILES string of the molecule is Cc1cc(O)ccc1C(=O)NCC(C)CBr. The fraction of sp³-hybridized carbons (Fsp3) is 0.417. The number of phenolic OH excluding ortho intramolecular Hbond substituents is 1. The van der Waals surface area contributed by atoms with Crippen LogP contribution in [0.3, 0.4) is 0 Å². The molecule has 0 saturated heterocycles. The van der Waals surface area contributed by atoms with Crippen LogP contribution in [0.15, 0.2) is 18.2 Å². The molecular weight excluding hydrogens is 270 g/mol. The maximum atomic E-state index is 11.8. The maximum absolute atomic E-state index is 11.8. The molecule has 4 heteroatoms. The van der Waals surface area contributed by atoms with Crippen LogP contribution in [-0.2, 0) is 0 Å². The number of hydrogen-bond acceptors (Lipinski definition) is 2. The van der Waals surface area contributed by atoms with Gasteiger partial charge in [-0.1, -0.05) is 22.9 Å². The Labute approximate surface area is 104 Å². The molecule has 0 radical (unpaired) electrons. The third-order valence-corrected chi connectivity index (χ3v) is 3.43. The lowest BCUT2D eigenvalue weighted by molar-refractivity contribution is 0.0948. The first-order chi connectivity index (χ1) is 7.54. The van der Waals surface area contributed by atoms with Crippen LogP contribution in [0.4, 0.5) is 0 Å². The zero-order valence-electron chi connectivity index (χ0n) is 9.46. The first-order valence-electron chi connectivity index (χ1n) is 5.18. The molecule has 1 rings (SSSR count). The maximum Gasteiger partial charge on any atom is 0.251 e. The lowest BCUT2D eigenvalue weighted by atomic mass is 10.1. The highest BCUT2D eigenvalue weighted by Crippen LogP contribution is 2.15. The number of carbonyl (C=O) groups is 1. The van der Waals surface area contributed by atoms with Crippen molar-refractivity contribution in [3.05, 3.63) is 29.3 Å². The van der Waals surface area contributed by atoms with E-state index < -0.39 is 0 Å². The first-order valence-corrected chi connectivity index (χ1v) is 6.30. The Bertz CT molecular complexity index is 379. The Kier molecular flexibility index (Phi) is 4.80. The van der Waals surface area contributed by atoms with Gasteiger partial charge in [0.15, 0.2) is 0 Å². The summed E-state index contributed by atoms with van der Waals surface area (Å²) in [5.74, 6) is 0.495. The Morgan fingerprint density at radius 3 is 2.81 bits per heavy atom. The molecule has 3 nitrogen and oxygen atoms in total. The van der Waals surface area contributed by atoms with Gasteiger partial charge >= 0.3 is 0 Å². The fourth-order valence-electron chi connectivity index (χ4n) is 1.32. The second-order valence-electron chi connectivity index (χ2n) is 3.97. The van der Waals surface area contributed by atoms with Crippen LogP contribution in [0.2, 0.25) is 0 Å². The van der Waals surface area contributed by atoms with Gasteiger partial charge in [-0.25, -0.2) is 0 Å². The molecule has 0 aliphatic carbocycles. The van der Waals surface area contributed by atoms with Crippen LogP contribution >= 0.6 is 15.9 Å². The van der Waals surface area contributed by atoms with Gasteiger partial charge in [-0.3, -0.25) is 4.79 Å². The molecule has 88 valence electrons. The summed E-state index contributed by atoms with van der Waals surface area (Å²) in [5, 5.41) is 13.0. The zero-order chi connectivity index (χ0) is 12.1. The first kappa shape index (κ1) is 13.0. The molecule has 1 atom stereocenters. The van der Waals surface area contributed by atoms with Crippen molar-refractivity contribution in [2.45, 2.75) is 13.8 Å². The summed E-state index contributed by atoms with van der Waals surface area (Å²) in [6.07, 6.45) is 0. The van der Waals surface area contributed by atoms with E-state index in [-0.39, 0.29) is 11.7 Å². The molecule has 0 fully saturated rings. The number of rotatable bonds is 4. The van der Waals surface area contributed by atoms with Crippen LogP contribution in [0.25, 0.3) is 0 Å². The molecule has 0 spiro atoms. The van der Waals surface area contributed by atoms with Crippen molar-refractivity contribution in [2.75, 3.05) is 11.9 Å². The Morgan fingerprint density at radius 1 is 1.56 bits per heavy atom. The molecule has 0 aromatic heterocycles. The number of aromatic hydroxyl groups is 1. The normalized spacial score (nSPS) is 12.2. The monoisotopic (exact) mass is 285 g/mol. The quantitative estimate of drug-likeness (QED) is 0.835. The Morgan fingerprint density at radius 2 is 2.25 bits per heavy atom. The van der Waals surface area contributed by atoms with E-state index in [1.54, 1.807) is 12.1 Å². The van der Waals surface area contributed by atoms with E-state index >= 15 is 0 Å². The van der Waals surface area contributed by atoms with Crippen molar-refractivity contribution < 1.29 is 9.90 Å². The summed E-state index contributed by atoms with van der Waals surface area (Å²) in [6, 6.07) is 4.75. The molecule has 0 aliphatic rings. The van der Waals surface area contributed by atoms with Gasteiger partial charge in [-0.2, -0.15) is 0 Å². The average Bonchev–Trinajstić information content (AvgIpc) is 2.25. The summed E-state index contributed by atoms with van der Waals surface area (Å²) in [7, 11) is 0. The van der Waals surface area contributed by atoms with Gasteiger partial charge < -0.3 is 10.4 Å². The highest BCUT2D eigenvalue weighted by Gasteiger charge is 2.10. The second-order valence-corrected chi connectivity index (χ2v) is 4.62. The number of benzene rings is 1.